The number of anilines is 1. The van der Waals surface area contributed by atoms with Gasteiger partial charge in [0.25, 0.3) is 0 Å². The Hall–Kier alpha value is -1.42. The monoisotopic (exact) mass is 193 g/mol. The van der Waals surface area contributed by atoms with Gasteiger partial charge in [0, 0.05) is 31.8 Å². The fourth-order valence-electron chi connectivity index (χ4n) is 1.18. The van der Waals surface area contributed by atoms with E-state index in [4.69, 9.17) is 5.73 Å². The van der Waals surface area contributed by atoms with Gasteiger partial charge in [0.1, 0.15) is 5.78 Å². The summed E-state index contributed by atoms with van der Waals surface area (Å²) in [6, 6.07) is 1.78. The average molecular weight is 193 g/mol. The number of carbonyl (C=O) groups is 1. The first-order chi connectivity index (χ1) is 6.72. The normalized spacial score (nSPS) is 10.1. The summed E-state index contributed by atoms with van der Waals surface area (Å²) < 4.78 is 0. The number of hydrogen-bond donors (Lipinski definition) is 2. The van der Waals surface area contributed by atoms with E-state index < -0.39 is 0 Å². The Morgan fingerprint density at radius 3 is 3.00 bits per heavy atom. The van der Waals surface area contributed by atoms with Gasteiger partial charge in [0.2, 0.25) is 0 Å². The third kappa shape index (κ3) is 3.53. The van der Waals surface area contributed by atoms with Crippen LogP contribution < -0.4 is 11.1 Å². The number of carbonyl (C=O) groups excluding carboxylic acids is 1. The summed E-state index contributed by atoms with van der Waals surface area (Å²) in [4.78, 5) is 15.3. The highest BCUT2D eigenvalue weighted by molar-refractivity contribution is 5.81. The quantitative estimate of drug-likeness (QED) is 0.709. The van der Waals surface area contributed by atoms with Crippen molar-refractivity contribution in [3.63, 3.8) is 0 Å². The highest BCUT2D eigenvalue weighted by Gasteiger charge is 2.03. The van der Waals surface area contributed by atoms with E-state index in [0.29, 0.717) is 25.1 Å². The lowest BCUT2D eigenvalue weighted by Gasteiger charge is -2.01. The van der Waals surface area contributed by atoms with Crippen LogP contribution in [-0.2, 0) is 11.2 Å². The molecule has 14 heavy (non-hydrogen) atoms. The summed E-state index contributed by atoms with van der Waals surface area (Å²) in [7, 11) is 1.83. The minimum Gasteiger partial charge on any atom is -0.397 e. The van der Waals surface area contributed by atoms with Crippen LogP contribution in [0.3, 0.4) is 0 Å². The molecule has 0 fully saturated rings. The Kier molecular flexibility index (Phi) is 4.07. The van der Waals surface area contributed by atoms with E-state index >= 15 is 0 Å². The molecule has 0 unspecified atom stereocenters. The molecule has 0 atom stereocenters. The Balaban J connectivity index is 2.47. The molecule has 1 aromatic heterocycles. The van der Waals surface area contributed by atoms with Crippen molar-refractivity contribution in [1.82, 2.24) is 10.3 Å². The zero-order chi connectivity index (χ0) is 10.4. The van der Waals surface area contributed by atoms with Gasteiger partial charge in [-0.25, -0.2) is 0 Å². The lowest BCUT2D eigenvalue weighted by atomic mass is 10.1. The Morgan fingerprint density at radius 2 is 2.36 bits per heavy atom. The largest absolute Gasteiger partial charge is 0.397 e. The van der Waals surface area contributed by atoms with E-state index in [9.17, 15) is 4.79 Å². The van der Waals surface area contributed by atoms with Gasteiger partial charge >= 0.3 is 0 Å². The third-order valence-electron chi connectivity index (χ3n) is 1.87. The van der Waals surface area contributed by atoms with Crippen molar-refractivity contribution in [2.24, 2.45) is 0 Å². The first-order valence-corrected chi connectivity index (χ1v) is 4.58. The minimum atomic E-state index is 0.201. The maximum Gasteiger partial charge on any atom is 0.138 e. The number of nitrogens with one attached hydrogen (secondary N) is 1. The lowest BCUT2D eigenvalue weighted by molar-refractivity contribution is -0.118. The van der Waals surface area contributed by atoms with Gasteiger partial charge in [-0.2, -0.15) is 0 Å². The molecule has 0 saturated carbocycles. The smallest absolute Gasteiger partial charge is 0.138 e. The zero-order valence-corrected chi connectivity index (χ0v) is 8.29. The molecule has 0 saturated heterocycles. The summed E-state index contributed by atoms with van der Waals surface area (Å²) in [5, 5.41) is 2.93. The lowest BCUT2D eigenvalue weighted by Crippen LogP contribution is -2.14. The third-order valence-corrected chi connectivity index (χ3v) is 1.87. The van der Waals surface area contributed by atoms with Crippen LogP contribution >= 0.6 is 0 Å². The minimum absolute atomic E-state index is 0.201. The van der Waals surface area contributed by atoms with Crippen molar-refractivity contribution in [1.29, 1.82) is 0 Å². The molecule has 0 aliphatic heterocycles. The second-order valence-electron chi connectivity index (χ2n) is 3.20. The molecule has 76 valence electrons. The molecule has 4 heteroatoms. The average Bonchev–Trinajstić information content (AvgIpc) is 2.15. The fraction of sp³-hybridized carbons (Fsp3) is 0.400. The summed E-state index contributed by atoms with van der Waals surface area (Å²) in [5.41, 5.74) is 7.03. The molecule has 0 aliphatic carbocycles. The van der Waals surface area contributed by atoms with E-state index in [1.807, 2.05) is 7.05 Å². The van der Waals surface area contributed by atoms with Crippen molar-refractivity contribution >= 4 is 11.5 Å². The summed E-state index contributed by atoms with van der Waals surface area (Å²) >= 11 is 0. The van der Waals surface area contributed by atoms with E-state index in [1.54, 1.807) is 18.5 Å². The van der Waals surface area contributed by atoms with Crippen molar-refractivity contribution < 1.29 is 4.79 Å². The van der Waals surface area contributed by atoms with Gasteiger partial charge in [-0.15, -0.1) is 0 Å². The van der Waals surface area contributed by atoms with E-state index in [1.165, 1.54) is 0 Å². The first-order valence-electron chi connectivity index (χ1n) is 4.58. The van der Waals surface area contributed by atoms with Gasteiger partial charge < -0.3 is 11.1 Å². The highest BCUT2D eigenvalue weighted by atomic mass is 16.1. The van der Waals surface area contributed by atoms with Crippen LogP contribution in [0.4, 0.5) is 5.69 Å². The number of rotatable bonds is 5. The SMILES string of the molecule is CNCCC(=O)Cc1cncc(N)c1. The highest BCUT2D eigenvalue weighted by Crippen LogP contribution is 2.05. The molecule has 0 aromatic carbocycles. The number of nitrogens with two attached hydrogens (primary N) is 1. The van der Waals surface area contributed by atoms with Crippen LogP contribution in [0, 0.1) is 0 Å². The van der Waals surface area contributed by atoms with Crippen LogP contribution in [0.2, 0.25) is 0 Å². The number of hydrogen-bond acceptors (Lipinski definition) is 4. The van der Waals surface area contributed by atoms with Gasteiger partial charge in [-0.1, -0.05) is 0 Å². The molecule has 4 nitrogen and oxygen atoms in total. The van der Waals surface area contributed by atoms with Crippen LogP contribution in [0.5, 0.6) is 0 Å². The van der Waals surface area contributed by atoms with Crippen molar-refractivity contribution in [2.45, 2.75) is 12.8 Å². The summed E-state index contributed by atoms with van der Waals surface area (Å²) in [6.45, 7) is 0.717. The predicted molar refractivity (Wildman–Crippen MR) is 55.9 cm³/mol. The van der Waals surface area contributed by atoms with E-state index in [2.05, 4.69) is 10.3 Å². The summed E-state index contributed by atoms with van der Waals surface area (Å²) in [6.07, 6.45) is 4.21. The molecule has 0 amide bonds. The molecule has 1 rings (SSSR count). The molecule has 0 radical (unpaired) electrons. The molecular weight excluding hydrogens is 178 g/mol. The standard InChI is InChI=1S/C10H15N3O/c1-12-3-2-10(14)5-8-4-9(11)7-13-6-8/h4,6-7,12H,2-3,5,11H2,1H3. The number of pyridine rings is 1. The number of nitrogen functional groups attached to an aromatic ring is 1. The Labute approximate surface area is 83.5 Å². The van der Waals surface area contributed by atoms with Crippen molar-refractivity contribution in [3.8, 4) is 0 Å². The van der Waals surface area contributed by atoms with Crippen LogP contribution in [0.1, 0.15) is 12.0 Å². The van der Waals surface area contributed by atoms with E-state index in [0.717, 1.165) is 5.56 Å². The fourth-order valence-corrected chi connectivity index (χ4v) is 1.18. The van der Waals surface area contributed by atoms with Gasteiger partial charge in [0.05, 0.1) is 5.69 Å². The Bertz CT molecular complexity index is 312. The van der Waals surface area contributed by atoms with Crippen LogP contribution in [-0.4, -0.2) is 24.4 Å². The van der Waals surface area contributed by atoms with Crippen molar-refractivity contribution in [3.05, 3.63) is 24.0 Å². The van der Waals surface area contributed by atoms with Crippen LogP contribution in [0.15, 0.2) is 18.5 Å². The second-order valence-corrected chi connectivity index (χ2v) is 3.20. The first kappa shape index (κ1) is 10.7. The number of ketones is 1. The second kappa shape index (κ2) is 5.34. The predicted octanol–water partition coefficient (Wildman–Crippen LogP) is 0.385. The van der Waals surface area contributed by atoms with E-state index in [-0.39, 0.29) is 5.78 Å². The number of aromatic nitrogens is 1. The number of Topliss-reactive ketones (excluding diaryl/α,β-unsaturated/α-hetero) is 1. The molecule has 0 aliphatic rings. The maximum absolute atomic E-state index is 11.4. The van der Waals surface area contributed by atoms with Gasteiger partial charge in [0.15, 0.2) is 0 Å². The molecule has 0 bridgehead atoms. The van der Waals surface area contributed by atoms with Crippen LogP contribution in [0.25, 0.3) is 0 Å². The topological polar surface area (TPSA) is 68.0 Å². The molecule has 1 heterocycles. The van der Waals surface area contributed by atoms with Crippen molar-refractivity contribution in [2.75, 3.05) is 19.3 Å². The van der Waals surface area contributed by atoms with Gasteiger partial charge in [-0.3, -0.25) is 9.78 Å². The molecule has 1 aromatic rings. The molecule has 0 spiro atoms. The summed E-state index contributed by atoms with van der Waals surface area (Å²) in [5.74, 6) is 0.201. The van der Waals surface area contributed by atoms with Gasteiger partial charge in [-0.05, 0) is 18.7 Å². The zero-order valence-electron chi connectivity index (χ0n) is 8.29. The maximum atomic E-state index is 11.4. The Morgan fingerprint density at radius 1 is 1.57 bits per heavy atom. The molecule has 3 N–H and O–H groups in total. The molecular formula is C10H15N3O. The number of nitrogens with zero attached hydrogens (tertiary/aromatic N) is 1.